The highest BCUT2D eigenvalue weighted by molar-refractivity contribution is 9.10. The van der Waals surface area contributed by atoms with Gasteiger partial charge in [0.2, 0.25) is 5.71 Å². The molecule has 1 rings (SSSR count). The van der Waals surface area contributed by atoms with Crippen LogP contribution >= 0.6 is 15.9 Å². The van der Waals surface area contributed by atoms with Crippen molar-refractivity contribution in [3.05, 3.63) is 28.0 Å². The Hall–Kier alpha value is -1.94. The van der Waals surface area contributed by atoms with Gasteiger partial charge in [0.05, 0.1) is 5.69 Å². The molecule has 0 aliphatic heterocycles. The highest BCUT2D eigenvalue weighted by Crippen LogP contribution is 2.25. The molecule has 0 fully saturated rings. The number of hydrogen-bond donors (Lipinski definition) is 3. The lowest BCUT2D eigenvalue weighted by Crippen LogP contribution is -2.21. The molecule has 4 N–H and O–H groups in total. The Balaban J connectivity index is 3.01. The molecule has 17 heavy (non-hydrogen) atoms. The van der Waals surface area contributed by atoms with Gasteiger partial charge in [0.1, 0.15) is 11.9 Å². The second-order valence-corrected chi connectivity index (χ2v) is 4.03. The summed E-state index contributed by atoms with van der Waals surface area (Å²) in [4.78, 5) is 0. The molecular formula is C10H9BrFN5. The SMILES string of the molecule is Cc1cc(N/N=C(\C#N)C(=N)N)c(Br)cc1F. The van der Waals surface area contributed by atoms with E-state index in [1.165, 1.54) is 12.1 Å². The molecule has 0 unspecified atom stereocenters. The van der Waals surface area contributed by atoms with Crippen LogP contribution < -0.4 is 11.2 Å². The minimum Gasteiger partial charge on any atom is -0.382 e. The maximum atomic E-state index is 13.2. The van der Waals surface area contributed by atoms with Gasteiger partial charge < -0.3 is 5.73 Å². The van der Waals surface area contributed by atoms with Crippen molar-refractivity contribution >= 4 is 33.2 Å². The molecule has 0 amide bonds. The van der Waals surface area contributed by atoms with Crippen molar-refractivity contribution in [3.8, 4) is 6.07 Å². The van der Waals surface area contributed by atoms with E-state index >= 15 is 0 Å². The van der Waals surface area contributed by atoms with Crippen LogP contribution in [0.15, 0.2) is 21.7 Å². The number of nitrogens with two attached hydrogens (primary N) is 1. The molecule has 0 heterocycles. The zero-order chi connectivity index (χ0) is 13.0. The molecule has 0 saturated heterocycles. The fourth-order valence-corrected chi connectivity index (χ4v) is 1.41. The molecule has 0 radical (unpaired) electrons. The molecule has 0 aromatic heterocycles. The maximum absolute atomic E-state index is 13.2. The molecule has 0 atom stereocenters. The molecule has 88 valence electrons. The fraction of sp³-hybridized carbons (Fsp3) is 0.100. The van der Waals surface area contributed by atoms with E-state index < -0.39 is 5.84 Å². The Kier molecular flexibility index (Phi) is 4.17. The Morgan fingerprint density at radius 2 is 2.29 bits per heavy atom. The molecule has 0 aliphatic rings. The van der Waals surface area contributed by atoms with Gasteiger partial charge in [-0.1, -0.05) is 0 Å². The molecular weight excluding hydrogens is 289 g/mol. The predicted molar refractivity (Wildman–Crippen MR) is 67.4 cm³/mol. The number of rotatable bonds is 3. The van der Waals surface area contributed by atoms with E-state index in [1.807, 2.05) is 0 Å². The van der Waals surface area contributed by atoms with E-state index in [0.29, 0.717) is 15.7 Å². The van der Waals surface area contributed by atoms with Crippen LogP contribution in [0.2, 0.25) is 0 Å². The van der Waals surface area contributed by atoms with Gasteiger partial charge in [-0.15, -0.1) is 0 Å². The first-order chi connectivity index (χ1) is 7.95. The van der Waals surface area contributed by atoms with Crippen molar-refractivity contribution < 1.29 is 4.39 Å². The van der Waals surface area contributed by atoms with Crippen LogP contribution in [0.4, 0.5) is 10.1 Å². The fourth-order valence-electron chi connectivity index (χ4n) is 1.00. The molecule has 1 aromatic carbocycles. The number of nitrogens with one attached hydrogen (secondary N) is 2. The van der Waals surface area contributed by atoms with E-state index in [9.17, 15) is 4.39 Å². The van der Waals surface area contributed by atoms with E-state index in [2.05, 4.69) is 26.5 Å². The van der Waals surface area contributed by atoms with Gasteiger partial charge in [0.15, 0.2) is 5.84 Å². The zero-order valence-corrected chi connectivity index (χ0v) is 10.5. The van der Waals surface area contributed by atoms with Crippen molar-refractivity contribution in [2.45, 2.75) is 6.92 Å². The van der Waals surface area contributed by atoms with Crippen LogP contribution in [0.5, 0.6) is 0 Å². The van der Waals surface area contributed by atoms with Crippen molar-refractivity contribution in [1.29, 1.82) is 10.7 Å². The number of nitrogens with zero attached hydrogens (tertiary/aromatic N) is 2. The lowest BCUT2D eigenvalue weighted by molar-refractivity contribution is 0.618. The summed E-state index contributed by atoms with van der Waals surface area (Å²) in [7, 11) is 0. The Bertz CT molecular complexity index is 532. The average molecular weight is 298 g/mol. The van der Waals surface area contributed by atoms with Crippen LogP contribution in [-0.4, -0.2) is 11.5 Å². The van der Waals surface area contributed by atoms with Crippen molar-refractivity contribution in [3.63, 3.8) is 0 Å². The van der Waals surface area contributed by atoms with Crippen molar-refractivity contribution in [1.82, 2.24) is 0 Å². The number of anilines is 1. The summed E-state index contributed by atoms with van der Waals surface area (Å²) in [5.74, 6) is -0.784. The van der Waals surface area contributed by atoms with Crippen LogP contribution in [0.1, 0.15) is 5.56 Å². The number of halogens is 2. The number of hydrogen-bond acceptors (Lipinski definition) is 4. The highest BCUT2D eigenvalue weighted by Gasteiger charge is 2.06. The van der Waals surface area contributed by atoms with Crippen LogP contribution in [-0.2, 0) is 0 Å². The Morgan fingerprint density at radius 3 is 2.82 bits per heavy atom. The summed E-state index contributed by atoms with van der Waals surface area (Å²) in [5.41, 5.74) is 8.35. The first kappa shape index (κ1) is 13.1. The summed E-state index contributed by atoms with van der Waals surface area (Å²) in [6, 6.07) is 4.48. The summed E-state index contributed by atoms with van der Waals surface area (Å²) in [5, 5.41) is 19.3. The third-order valence-electron chi connectivity index (χ3n) is 1.90. The molecule has 0 saturated carbocycles. The summed E-state index contributed by atoms with van der Waals surface area (Å²) < 4.78 is 13.6. The number of amidine groups is 1. The summed E-state index contributed by atoms with van der Waals surface area (Å²) >= 11 is 3.15. The Morgan fingerprint density at radius 1 is 1.65 bits per heavy atom. The standard InChI is InChI=1S/C10H9BrFN5/c1-5-2-8(6(11)3-7(5)12)16-17-9(4-13)10(14)15/h2-3,16H,1H3,(H3,14,15)/b17-9+. The number of benzene rings is 1. The maximum Gasteiger partial charge on any atom is 0.201 e. The average Bonchev–Trinajstić information content (AvgIpc) is 2.25. The molecule has 7 heteroatoms. The van der Waals surface area contributed by atoms with E-state index in [-0.39, 0.29) is 11.5 Å². The van der Waals surface area contributed by atoms with Gasteiger partial charge in [-0.3, -0.25) is 10.8 Å². The smallest absolute Gasteiger partial charge is 0.201 e. The molecule has 0 spiro atoms. The quantitative estimate of drug-likeness (QED) is 0.453. The third kappa shape index (κ3) is 3.26. The van der Waals surface area contributed by atoms with Gasteiger partial charge in [-0.2, -0.15) is 10.4 Å². The van der Waals surface area contributed by atoms with E-state index in [4.69, 9.17) is 16.4 Å². The Labute approximate surface area is 106 Å². The van der Waals surface area contributed by atoms with Gasteiger partial charge >= 0.3 is 0 Å². The minimum absolute atomic E-state index is 0.237. The van der Waals surface area contributed by atoms with Gasteiger partial charge in [-0.05, 0) is 40.5 Å². The topological polar surface area (TPSA) is 98.0 Å². The number of hydrazone groups is 1. The summed E-state index contributed by atoms with van der Waals surface area (Å²) in [6.07, 6.45) is 0. The molecule has 0 bridgehead atoms. The van der Waals surface area contributed by atoms with Crippen molar-refractivity contribution in [2.24, 2.45) is 10.8 Å². The first-order valence-corrected chi connectivity index (χ1v) is 5.29. The van der Waals surface area contributed by atoms with Crippen LogP contribution in [0.3, 0.4) is 0 Å². The van der Waals surface area contributed by atoms with E-state index in [1.54, 1.807) is 13.0 Å². The second-order valence-electron chi connectivity index (χ2n) is 3.18. The molecule has 0 aliphatic carbocycles. The third-order valence-corrected chi connectivity index (χ3v) is 2.55. The van der Waals surface area contributed by atoms with Crippen LogP contribution in [0, 0.1) is 29.5 Å². The lowest BCUT2D eigenvalue weighted by Gasteiger charge is -2.06. The largest absolute Gasteiger partial charge is 0.382 e. The minimum atomic E-state index is -0.435. The van der Waals surface area contributed by atoms with Gasteiger partial charge in [0.25, 0.3) is 0 Å². The van der Waals surface area contributed by atoms with Gasteiger partial charge in [-0.25, -0.2) is 4.39 Å². The van der Waals surface area contributed by atoms with Gasteiger partial charge in [0, 0.05) is 4.47 Å². The van der Waals surface area contributed by atoms with E-state index in [0.717, 1.165) is 0 Å². The predicted octanol–water partition coefficient (Wildman–Crippen LogP) is 2.12. The number of nitriles is 1. The van der Waals surface area contributed by atoms with Crippen LogP contribution in [0.25, 0.3) is 0 Å². The first-order valence-electron chi connectivity index (χ1n) is 4.49. The lowest BCUT2D eigenvalue weighted by atomic mass is 10.2. The second kappa shape index (κ2) is 5.41. The zero-order valence-electron chi connectivity index (χ0n) is 8.88. The summed E-state index contributed by atoms with van der Waals surface area (Å²) in [6.45, 7) is 1.60. The molecule has 5 nitrogen and oxygen atoms in total. The monoisotopic (exact) mass is 297 g/mol. The normalized spacial score (nSPS) is 10.8. The molecule has 1 aromatic rings. The van der Waals surface area contributed by atoms with Crippen molar-refractivity contribution in [2.75, 3.05) is 5.43 Å². The highest BCUT2D eigenvalue weighted by atomic mass is 79.9. The number of aryl methyl sites for hydroxylation is 1.